The maximum atomic E-state index is 13.5. The van der Waals surface area contributed by atoms with Gasteiger partial charge in [0.1, 0.15) is 23.0 Å². The van der Waals surface area contributed by atoms with Crippen molar-refractivity contribution < 1.29 is 38.5 Å². The number of aliphatic hydroxyl groups is 1. The molecule has 3 rings (SSSR count). The highest BCUT2D eigenvalue weighted by Gasteiger charge is 2.40. The Balaban J connectivity index is 1.93. The molecule has 47 heavy (non-hydrogen) atoms. The molecule has 2 unspecified atom stereocenters. The molecule has 10 nitrogen and oxygen atoms in total. The Labute approximate surface area is 286 Å². The van der Waals surface area contributed by atoms with Crippen molar-refractivity contribution >= 4 is 47.0 Å². The smallest absolute Gasteiger partial charge is 0.347 e. The first kappa shape index (κ1) is 37.9. The van der Waals surface area contributed by atoms with Crippen LogP contribution in [0.3, 0.4) is 0 Å². The summed E-state index contributed by atoms with van der Waals surface area (Å²) in [5.74, 6) is -3.82. The topological polar surface area (TPSA) is 140 Å². The number of ether oxygens (including phenoxy) is 3. The second kappa shape index (κ2) is 17.5. The van der Waals surface area contributed by atoms with E-state index in [0.717, 1.165) is 5.56 Å². The summed E-state index contributed by atoms with van der Waals surface area (Å²) in [4.78, 5) is 53.0. The number of hydrogen-bond donors (Lipinski definition) is 3. The molecule has 0 spiro atoms. The molecule has 0 fully saturated rings. The van der Waals surface area contributed by atoms with E-state index in [-0.39, 0.29) is 38.1 Å². The van der Waals surface area contributed by atoms with Gasteiger partial charge in [-0.25, -0.2) is 4.79 Å². The minimum absolute atomic E-state index is 0.00611. The van der Waals surface area contributed by atoms with Crippen LogP contribution in [0.25, 0.3) is 0 Å². The van der Waals surface area contributed by atoms with E-state index < -0.39 is 58.9 Å². The fraction of sp³-hybridized carbons (Fsp3) is 0.486. The van der Waals surface area contributed by atoms with Crippen molar-refractivity contribution in [1.82, 2.24) is 10.6 Å². The summed E-state index contributed by atoms with van der Waals surface area (Å²) in [6.45, 7) is 6.85. The molecule has 1 aliphatic heterocycles. The highest BCUT2D eigenvalue weighted by Crippen LogP contribution is 2.33. The van der Waals surface area contributed by atoms with E-state index in [2.05, 4.69) is 10.6 Å². The number of rotatable bonds is 9. The average molecular weight is 692 g/mol. The van der Waals surface area contributed by atoms with Crippen LogP contribution >= 0.6 is 23.2 Å². The van der Waals surface area contributed by atoms with Gasteiger partial charge in [0.05, 0.1) is 18.1 Å². The fourth-order valence-electron chi connectivity index (χ4n) is 5.06. The predicted molar refractivity (Wildman–Crippen MR) is 179 cm³/mol. The molecule has 1 heterocycles. The highest BCUT2D eigenvalue weighted by molar-refractivity contribution is 6.32. The summed E-state index contributed by atoms with van der Waals surface area (Å²) in [6, 6.07) is 13.2. The largest absolute Gasteiger partial charge is 0.495 e. The van der Waals surface area contributed by atoms with Crippen LogP contribution in [0.5, 0.6) is 5.75 Å². The summed E-state index contributed by atoms with van der Waals surface area (Å²) in [7, 11) is 1.49. The molecule has 2 amide bonds. The predicted octanol–water partition coefficient (Wildman–Crippen LogP) is 4.76. The first-order valence-corrected chi connectivity index (χ1v) is 16.4. The summed E-state index contributed by atoms with van der Waals surface area (Å²) >= 11 is 12.9. The van der Waals surface area contributed by atoms with Crippen molar-refractivity contribution in [2.75, 3.05) is 13.7 Å². The Morgan fingerprint density at radius 3 is 2.36 bits per heavy atom. The molecule has 0 aliphatic carbocycles. The van der Waals surface area contributed by atoms with Gasteiger partial charge in [0, 0.05) is 31.7 Å². The quantitative estimate of drug-likeness (QED) is 0.253. The van der Waals surface area contributed by atoms with Crippen molar-refractivity contribution in [2.45, 2.75) is 76.7 Å². The molecule has 2 aromatic carbocycles. The van der Waals surface area contributed by atoms with Crippen molar-refractivity contribution in [2.24, 2.45) is 17.8 Å². The van der Waals surface area contributed by atoms with Gasteiger partial charge in [0.25, 0.3) is 0 Å². The maximum absolute atomic E-state index is 13.5. The number of esters is 2. The molecule has 0 aromatic heterocycles. The monoisotopic (exact) mass is 690 g/mol. The van der Waals surface area contributed by atoms with Crippen LogP contribution in [-0.4, -0.2) is 65.8 Å². The molecular formula is C35H44Cl2N2O8. The summed E-state index contributed by atoms with van der Waals surface area (Å²) in [6.07, 6.45) is 0.814. The molecule has 0 saturated carbocycles. The van der Waals surface area contributed by atoms with Crippen LogP contribution in [0, 0.1) is 17.8 Å². The lowest BCUT2D eigenvalue weighted by molar-refractivity contribution is -0.178. The van der Waals surface area contributed by atoms with Crippen molar-refractivity contribution in [1.29, 1.82) is 0 Å². The Morgan fingerprint density at radius 1 is 1.02 bits per heavy atom. The number of methoxy groups -OCH3 is 1. The highest BCUT2D eigenvalue weighted by atomic mass is 35.5. The molecule has 1 aliphatic rings. The lowest BCUT2D eigenvalue weighted by Crippen LogP contribution is -2.49. The molecule has 0 bridgehead atoms. The number of hydrogen-bond acceptors (Lipinski definition) is 8. The third-order valence-electron chi connectivity index (χ3n) is 7.94. The van der Waals surface area contributed by atoms with Gasteiger partial charge < -0.3 is 30.0 Å². The number of carbonyl (C=O) groups excluding carboxylic acids is 4. The summed E-state index contributed by atoms with van der Waals surface area (Å²) in [5.41, 5.74) is 1.44. The Kier molecular flexibility index (Phi) is 14.1. The third-order valence-corrected chi connectivity index (χ3v) is 8.71. The lowest BCUT2D eigenvalue weighted by Gasteiger charge is -2.34. The van der Waals surface area contributed by atoms with Gasteiger partial charge in [-0.15, -0.1) is 0 Å². The van der Waals surface area contributed by atoms with Gasteiger partial charge >= 0.3 is 11.9 Å². The Morgan fingerprint density at radius 2 is 1.72 bits per heavy atom. The third kappa shape index (κ3) is 11.6. The maximum Gasteiger partial charge on any atom is 0.347 e. The number of alkyl halides is 1. The molecule has 0 saturated heterocycles. The summed E-state index contributed by atoms with van der Waals surface area (Å²) in [5, 5.41) is 15.3. The van der Waals surface area contributed by atoms with Gasteiger partial charge in [0.2, 0.25) is 11.8 Å². The standard InChI is InChI=1S/C35H44Cl2N2O8/c1-21(2)16-30-34(43)46-28(23(4)35(37,44)19-24-10-7-6-8-11-24)12-9-13-31(40)39-27(32(41)38-20-22(3)33(42)47-30)18-25-14-15-29(45-5)26(36)17-25/h6-11,13-15,17,21-23,27-28,30,44H,12,16,18-20H2,1-5H3,(H,38,41)(H,39,40)/b13-9+/t22-,23+,27?,28+,30+,35?/m1/s1. The van der Waals surface area contributed by atoms with Crippen LogP contribution in [-0.2, 0) is 41.5 Å². The molecule has 12 heteroatoms. The normalized spacial score (nSPS) is 24.3. The van der Waals surface area contributed by atoms with Gasteiger partial charge in [-0.05, 0) is 41.7 Å². The first-order chi connectivity index (χ1) is 22.2. The summed E-state index contributed by atoms with van der Waals surface area (Å²) < 4.78 is 16.7. The van der Waals surface area contributed by atoms with Crippen LogP contribution in [0.4, 0.5) is 0 Å². The van der Waals surface area contributed by atoms with E-state index in [1.807, 2.05) is 44.2 Å². The molecule has 3 N–H and O–H groups in total. The minimum Gasteiger partial charge on any atom is -0.495 e. The molecule has 6 atom stereocenters. The average Bonchev–Trinajstić information content (AvgIpc) is 3.01. The zero-order valence-corrected chi connectivity index (χ0v) is 28.8. The number of amides is 2. The number of halogens is 2. The van der Waals surface area contributed by atoms with Gasteiger partial charge in [-0.3, -0.25) is 14.4 Å². The Hall–Kier alpha value is -3.60. The first-order valence-electron chi connectivity index (χ1n) is 15.6. The van der Waals surface area contributed by atoms with Gasteiger partial charge in [0.15, 0.2) is 6.10 Å². The number of nitrogens with one attached hydrogen (secondary N) is 2. The SMILES string of the molecule is COc1ccc(CC2NC(=O)/C=C/C[C@@H]([C@H](C)C(O)(Cl)Cc3ccccc3)OC(=O)[C@H](CC(C)C)OC(=O)[C@H](C)CNC2=O)cc1Cl. The molecule has 256 valence electrons. The van der Waals surface area contributed by atoms with E-state index in [1.165, 1.54) is 19.3 Å². The van der Waals surface area contributed by atoms with Crippen molar-refractivity contribution in [3.63, 3.8) is 0 Å². The van der Waals surface area contributed by atoms with E-state index in [1.54, 1.807) is 32.0 Å². The van der Waals surface area contributed by atoms with E-state index in [4.69, 9.17) is 37.4 Å². The van der Waals surface area contributed by atoms with Crippen molar-refractivity contribution in [3.8, 4) is 5.75 Å². The van der Waals surface area contributed by atoms with Crippen molar-refractivity contribution in [3.05, 3.63) is 76.8 Å². The fourth-order valence-corrected chi connectivity index (χ4v) is 5.63. The number of cyclic esters (lactones) is 2. The molecule has 2 aromatic rings. The van der Waals surface area contributed by atoms with E-state index >= 15 is 0 Å². The second-order valence-corrected chi connectivity index (χ2v) is 13.4. The van der Waals surface area contributed by atoms with Crippen LogP contribution in [0.15, 0.2) is 60.7 Å². The zero-order chi connectivity index (χ0) is 34.7. The molecular weight excluding hydrogens is 647 g/mol. The minimum atomic E-state index is -1.83. The Bertz CT molecular complexity index is 1420. The van der Waals surface area contributed by atoms with Crippen LogP contribution < -0.4 is 15.4 Å². The lowest BCUT2D eigenvalue weighted by atomic mass is 9.90. The van der Waals surface area contributed by atoms with Crippen LogP contribution in [0.1, 0.15) is 51.7 Å². The second-order valence-electron chi connectivity index (χ2n) is 12.3. The number of carbonyl (C=O) groups is 4. The zero-order valence-electron chi connectivity index (χ0n) is 27.3. The molecule has 0 radical (unpaired) electrons. The van der Waals surface area contributed by atoms with Gasteiger partial charge in [-0.1, -0.05) is 93.4 Å². The van der Waals surface area contributed by atoms with Crippen LogP contribution in [0.2, 0.25) is 5.02 Å². The van der Waals surface area contributed by atoms with E-state index in [9.17, 15) is 24.3 Å². The number of benzene rings is 2. The van der Waals surface area contributed by atoms with E-state index in [0.29, 0.717) is 16.3 Å². The van der Waals surface area contributed by atoms with Gasteiger partial charge in [-0.2, -0.15) is 0 Å².